The van der Waals surface area contributed by atoms with E-state index in [0.29, 0.717) is 31.5 Å². The molecular formula is C67H56ClNO4. The van der Waals surface area contributed by atoms with E-state index in [4.69, 9.17) is 30.5 Å². The van der Waals surface area contributed by atoms with Crippen molar-refractivity contribution in [2.24, 2.45) is 0 Å². The summed E-state index contributed by atoms with van der Waals surface area (Å²) in [6.45, 7) is 3.81. The number of benzene rings is 9. The van der Waals surface area contributed by atoms with E-state index >= 15 is 0 Å². The second-order valence-corrected chi connectivity index (χ2v) is 17.4. The first-order chi connectivity index (χ1) is 36.1. The minimum absolute atomic E-state index is 0.385. The monoisotopic (exact) mass is 973 g/mol. The van der Waals surface area contributed by atoms with E-state index in [1.165, 1.54) is 0 Å². The normalized spacial score (nSPS) is 12.0. The van der Waals surface area contributed by atoms with Gasteiger partial charge in [0.05, 0.1) is 6.61 Å². The summed E-state index contributed by atoms with van der Waals surface area (Å²) in [6, 6.07) is 82.2. The molecule has 9 rings (SSSR count). The number of anilines is 1. The van der Waals surface area contributed by atoms with Crippen molar-refractivity contribution < 1.29 is 18.9 Å². The van der Waals surface area contributed by atoms with Crippen molar-refractivity contribution in [3.63, 3.8) is 0 Å². The molecule has 0 atom stereocenters. The molecule has 0 heterocycles. The maximum Gasteiger partial charge on any atom is 0.119 e. The van der Waals surface area contributed by atoms with Crippen molar-refractivity contribution in [1.82, 2.24) is 0 Å². The second-order valence-electron chi connectivity index (χ2n) is 17.0. The molecule has 0 bridgehead atoms. The molecule has 0 aliphatic carbocycles. The number of nitrogens with one attached hydrogen (secondary N) is 1. The molecule has 1 N–H and O–H groups in total. The van der Waals surface area contributed by atoms with Gasteiger partial charge in [-0.2, -0.15) is 0 Å². The van der Waals surface area contributed by atoms with Crippen LogP contribution < -0.4 is 24.3 Å². The maximum atomic E-state index is 6.37. The largest absolute Gasteiger partial charge is 0.494 e. The average Bonchev–Trinajstić information content (AvgIpc) is 3.45. The van der Waals surface area contributed by atoms with Crippen LogP contribution in [-0.4, -0.2) is 26.4 Å². The van der Waals surface area contributed by atoms with Crippen molar-refractivity contribution in [2.45, 2.75) is 6.92 Å². The molecule has 5 nitrogen and oxygen atoms in total. The predicted octanol–water partition coefficient (Wildman–Crippen LogP) is 16.8. The summed E-state index contributed by atoms with van der Waals surface area (Å²) in [5.74, 6) is 3.21. The van der Waals surface area contributed by atoms with Crippen LogP contribution in [0.4, 0.5) is 5.69 Å². The predicted molar refractivity (Wildman–Crippen MR) is 303 cm³/mol. The topological polar surface area (TPSA) is 49.0 Å². The molecule has 0 amide bonds. The fourth-order valence-corrected chi connectivity index (χ4v) is 8.59. The Labute approximate surface area is 434 Å². The third-order valence-corrected chi connectivity index (χ3v) is 12.4. The van der Waals surface area contributed by atoms with Crippen LogP contribution in [0.5, 0.6) is 23.0 Å². The number of ether oxygens (including phenoxy) is 4. The van der Waals surface area contributed by atoms with Gasteiger partial charge in [0.1, 0.15) is 42.8 Å². The summed E-state index contributed by atoms with van der Waals surface area (Å²) in [5.41, 5.74) is 14.0. The molecular weight excluding hydrogens is 918 g/mol. The zero-order chi connectivity index (χ0) is 49.9. The Morgan fingerprint density at radius 3 is 0.918 bits per heavy atom. The summed E-state index contributed by atoms with van der Waals surface area (Å²) >= 11 is 6.13. The summed E-state index contributed by atoms with van der Waals surface area (Å²) in [4.78, 5) is 0. The minimum atomic E-state index is 0.385. The van der Waals surface area contributed by atoms with Gasteiger partial charge in [0.2, 0.25) is 0 Å². The summed E-state index contributed by atoms with van der Waals surface area (Å²) in [5, 5.41) is 4.13. The minimum Gasteiger partial charge on any atom is -0.494 e. The highest BCUT2D eigenvalue weighted by Gasteiger charge is 2.11. The maximum absolute atomic E-state index is 6.37. The molecule has 73 heavy (non-hydrogen) atoms. The van der Waals surface area contributed by atoms with Crippen LogP contribution in [-0.2, 0) is 0 Å². The average molecular weight is 975 g/mol. The standard InChI is InChI=1S/C67H56ClNO4/c1-2-70-60-35-23-54(24-36-60)64(50-15-7-3-8-16-50)43-46-71-61-37-25-55(26-38-61)65(51-17-9-4-10-18-51)44-47-72-62-39-27-56(28-40-62)66(52-19-11-5-12-20-52)45-48-73-63-41-29-57(30-42-63)67(53-21-13-6-14-22-53)49-69-59-33-31-58(68)32-34-59/h3-45,49,69H,2,46-48H2,1H3/b64-43-,65-44-,66-45-,67-49?. The lowest BCUT2D eigenvalue weighted by Crippen LogP contribution is -1.99. The van der Waals surface area contributed by atoms with Gasteiger partial charge in [0.25, 0.3) is 0 Å². The number of hydrogen-bond donors (Lipinski definition) is 1. The zero-order valence-corrected chi connectivity index (χ0v) is 41.5. The Balaban J connectivity index is 0.853. The molecule has 0 aromatic heterocycles. The van der Waals surface area contributed by atoms with Gasteiger partial charge in [-0.3, -0.25) is 0 Å². The van der Waals surface area contributed by atoms with Gasteiger partial charge >= 0.3 is 0 Å². The van der Waals surface area contributed by atoms with Crippen LogP contribution in [0.1, 0.15) is 51.4 Å². The first-order valence-electron chi connectivity index (χ1n) is 24.5. The van der Waals surface area contributed by atoms with E-state index < -0.39 is 0 Å². The number of hydrogen-bond acceptors (Lipinski definition) is 5. The second kappa shape index (κ2) is 25.4. The van der Waals surface area contributed by atoms with E-state index in [1.54, 1.807) is 0 Å². The van der Waals surface area contributed by atoms with Gasteiger partial charge < -0.3 is 24.3 Å². The third kappa shape index (κ3) is 13.8. The molecule has 360 valence electrons. The lowest BCUT2D eigenvalue weighted by molar-refractivity contribution is 0.340. The van der Waals surface area contributed by atoms with Gasteiger partial charge in [-0.1, -0.05) is 181 Å². The van der Waals surface area contributed by atoms with Crippen LogP contribution in [0, 0.1) is 0 Å². The molecule has 0 radical (unpaired) electrons. The molecule has 9 aromatic carbocycles. The van der Waals surface area contributed by atoms with E-state index in [-0.39, 0.29) is 0 Å². The Bertz CT molecular complexity index is 3240. The van der Waals surface area contributed by atoms with E-state index in [2.05, 4.69) is 157 Å². The van der Waals surface area contributed by atoms with Crippen molar-refractivity contribution >= 4 is 39.6 Å². The highest BCUT2D eigenvalue weighted by Crippen LogP contribution is 2.31. The molecule has 0 spiro atoms. The van der Waals surface area contributed by atoms with Gasteiger partial charge in [-0.15, -0.1) is 0 Å². The summed E-state index contributed by atoms with van der Waals surface area (Å²) < 4.78 is 24.7. The fraction of sp³-hybridized carbons (Fsp3) is 0.0746. The van der Waals surface area contributed by atoms with Crippen molar-refractivity contribution in [3.05, 3.63) is 317 Å². The first-order valence-corrected chi connectivity index (χ1v) is 24.9. The quantitative estimate of drug-likeness (QED) is 0.0777. The van der Waals surface area contributed by atoms with Crippen LogP contribution >= 0.6 is 11.6 Å². The lowest BCUT2D eigenvalue weighted by atomic mass is 9.97. The van der Waals surface area contributed by atoms with Gasteiger partial charge in [-0.25, -0.2) is 0 Å². The van der Waals surface area contributed by atoms with Crippen molar-refractivity contribution in [2.75, 3.05) is 31.7 Å². The molecule has 0 fully saturated rings. The van der Waals surface area contributed by atoms with E-state index in [0.717, 1.165) is 95.5 Å². The zero-order valence-electron chi connectivity index (χ0n) is 40.7. The molecule has 9 aromatic rings. The van der Waals surface area contributed by atoms with Gasteiger partial charge in [0, 0.05) is 22.5 Å². The number of rotatable bonds is 21. The third-order valence-electron chi connectivity index (χ3n) is 12.2. The SMILES string of the molecule is CCOc1ccc(/C(=C\COc2ccc(/C(=C\COc3ccc(/C(=C\COc4ccc(C(=CNc5ccc(Cl)cc5)c5ccccc5)cc4)c4ccccc4)cc3)c3ccccc3)cc2)c2ccccc2)cc1. The molecule has 0 saturated heterocycles. The Kier molecular flexibility index (Phi) is 17.1. The van der Waals surface area contributed by atoms with Crippen LogP contribution in [0.3, 0.4) is 0 Å². The Morgan fingerprint density at radius 1 is 0.329 bits per heavy atom. The van der Waals surface area contributed by atoms with Crippen molar-refractivity contribution in [3.8, 4) is 23.0 Å². The van der Waals surface area contributed by atoms with E-state index in [9.17, 15) is 0 Å². The molecule has 0 aliphatic heterocycles. The van der Waals surface area contributed by atoms with Crippen LogP contribution in [0.15, 0.2) is 267 Å². The number of halogens is 1. The lowest BCUT2D eigenvalue weighted by Gasteiger charge is -2.13. The first kappa shape index (κ1) is 49.2. The Hall–Kier alpha value is -8.77. The van der Waals surface area contributed by atoms with Gasteiger partial charge in [0.15, 0.2) is 0 Å². The highest BCUT2D eigenvalue weighted by atomic mass is 35.5. The molecule has 6 heteroatoms. The molecule has 0 unspecified atom stereocenters. The van der Waals surface area contributed by atoms with E-state index in [1.807, 2.05) is 122 Å². The smallest absolute Gasteiger partial charge is 0.119 e. The Morgan fingerprint density at radius 2 is 0.603 bits per heavy atom. The molecule has 0 aliphatic rings. The van der Waals surface area contributed by atoms with Crippen molar-refractivity contribution in [1.29, 1.82) is 0 Å². The highest BCUT2D eigenvalue weighted by molar-refractivity contribution is 6.30. The van der Waals surface area contributed by atoms with Crippen LogP contribution in [0.2, 0.25) is 5.02 Å². The summed E-state index contributed by atoms with van der Waals surface area (Å²) in [7, 11) is 0. The van der Waals surface area contributed by atoms with Crippen LogP contribution in [0.25, 0.3) is 22.3 Å². The summed E-state index contributed by atoms with van der Waals surface area (Å²) in [6.07, 6.45) is 8.44. The van der Waals surface area contributed by atoms with Gasteiger partial charge in [-0.05, 0) is 159 Å². The fourth-order valence-electron chi connectivity index (χ4n) is 8.47. The molecule has 0 saturated carbocycles.